The van der Waals surface area contributed by atoms with E-state index in [4.69, 9.17) is 0 Å². The van der Waals surface area contributed by atoms with E-state index < -0.39 is 29.6 Å². The van der Waals surface area contributed by atoms with E-state index in [2.05, 4.69) is 4.98 Å². The number of nitrogens with one attached hydrogen (secondary N) is 1. The van der Waals surface area contributed by atoms with Crippen LogP contribution in [0.4, 0.5) is 8.78 Å². The van der Waals surface area contributed by atoms with Crippen molar-refractivity contribution in [3.63, 3.8) is 0 Å². The Balaban J connectivity index is 1.70. The molecule has 2 N–H and O–H groups in total. The molecule has 5 nitrogen and oxygen atoms in total. The lowest BCUT2D eigenvalue weighted by atomic mass is 9.94. The summed E-state index contributed by atoms with van der Waals surface area (Å²) in [6.45, 7) is 0.396. The summed E-state index contributed by atoms with van der Waals surface area (Å²) in [7, 11) is 0. The second-order valence-corrected chi connectivity index (χ2v) is 6.63. The first kappa shape index (κ1) is 15.1. The number of halogens is 2. The smallest absolute Gasteiger partial charge is 0.326 e. The number of carboxylic acids is 1. The zero-order valence-corrected chi connectivity index (χ0v) is 12.8. The number of hydrogen-bond acceptors (Lipinski definition) is 2. The summed E-state index contributed by atoms with van der Waals surface area (Å²) in [5, 5.41) is 9.65. The molecule has 4 rings (SSSR count). The number of likely N-dealkylation sites (tertiary alicyclic amines) is 1. The monoisotopic (exact) mass is 334 g/mol. The zero-order chi connectivity index (χ0) is 17.0. The van der Waals surface area contributed by atoms with Gasteiger partial charge in [-0.2, -0.15) is 0 Å². The molecule has 7 heteroatoms. The summed E-state index contributed by atoms with van der Waals surface area (Å²) >= 11 is 0. The highest BCUT2D eigenvalue weighted by atomic mass is 19.1. The fourth-order valence-corrected chi connectivity index (χ4v) is 4.26. The summed E-state index contributed by atoms with van der Waals surface area (Å²) in [4.78, 5) is 28.5. The Hall–Kier alpha value is -2.44. The second kappa shape index (κ2) is 5.29. The Morgan fingerprint density at radius 1 is 1.21 bits per heavy atom. The van der Waals surface area contributed by atoms with Crippen LogP contribution in [0.3, 0.4) is 0 Å². The van der Waals surface area contributed by atoms with E-state index in [0.717, 1.165) is 31.4 Å². The number of aromatic amines is 1. The summed E-state index contributed by atoms with van der Waals surface area (Å²) in [6, 6.07) is 2.34. The number of aliphatic carboxylic acids is 1. The predicted molar refractivity (Wildman–Crippen MR) is 81.5 cm³/mol. The summed E-state index contributed by atoms with van der Waals surface area (Å²) in [6.07, 6.45) is 2.71. The lowest BCUT2D eigenvalue weighted by Gasteiger charge is -2.23. The molecule has 0 radical (unpaired) electrons. The first-order chi connectivity index (χ1) is 11.5. The largest absolute Gasteiger partial charge is 0.480 e. The van der Waals surface area contributed by atoms with Gasteiger partial charge < -0.3 is 15.0 Å². The van der Waals surface area contributed by atoms with Crippen molar-refractivity contribution in [1.82, 2.24) is 9.88 Å². The number of carbonyl (C=O) groups excluding carboxylic acids is 1. The topological polar surface area (TPSA) is 73.4 Å². The molecular formula is C17H16F2N2O3. The Kier molecular flexibility index (Phi) is 3.33. The van der Waals surface area contributed by atoms with Gasteiger partial charge in [0.05, 0.1) is 5.52 Å². The van der Waals surface area contributed by atoms with Crippen molar-refractivity contribution >= 4 is 22.8 Å². The van der Waals surface area contributed by atoms with E-state index in [-0.39, 0.29) is 28.4 Å². The normalized spacial score (nSPS) is 26.1. The molecule has 126 valence electrons. The molecule has 1 amide bonds. The average Bonchev–Trinajstić information content (AvgIpc) is 3.18. The standard InChI is InChI=1S/C17H16F2N2O3/c18-9-4-12(19)11-6-14(20-13(11)5-9)16(22)21-7-8-2-1-3-10(8)15(21)17(23)24/h4-6,8,10,15,20H,1-3,7H2,(H,23,24)/t8-,10-,15-/m0/s1. The van der Waals surface area contributed by atoms with Crippen molar-refractivity contribution < 1.29 is 23.5 Å². The number of amides is 1. The van der Waals surface area contributed by atoms with Crippen molar-refractivity contribution in [2.24, 2.45) is 11.8 Å². The van der Waals surface area contributed by atoms with Crippen LogP contribution in [0.25, 0.3) is 10.9 Å². The first-order valence-corrected chi connectivity index (χ1v) is 7.97. The average molecular weight is 334 g/mol. The molecule has 2 aliphatic rings. The van der Waals surface area contributed by atoms with E-state index in [1.54, 1.807) is 0 Å². The highest BCUT2D eigenvalue weighted by molar-refractivity contribution is 6.00. The number of hydrogen-bond donors (Lipinski definition) is 2. The van der Waals surface area contributed by atoms with Crippen LogP contribution in [0.5, 0.6) is 0 Å². The molecule has 1 aromatic heterocycles. The molecular weight excluding hydrogens is 318 g/mol. The van der Waals surface area contributed by atoms with Crippen LogP contribution in [0.1, 0.15) is 29.8 Å². The Morgan fingerprint density at radius 3 is 2.75 bits per heavy atom. The van der Waals surface area contributed by atoms with E-state index in [1.165, 1.54) is 11.0 Å². The third-order valence-electron chi connectivity index (χ3n) is 5.29. The maximum absolute atomic E-state index is 13.8. The number of fused-ring (bicyclic) bond motifs is 2. The van der Waals surface area contributed by atoms with Crippen LogP contribution in [0.15, 0.2) is 18.2 Å². The number of nitrogens with zero attached hydrogens (tertiary/aromatic N) is 1. The summed E-state index contributed by atoms with van der Waals surface area (Å²) in [5.41, 5.74) is 0.267. The maximum atomic E-state index is 13.8. The van der Waals surface area contributed by atoms with E-state index in [1.807, 2.05) is 0 Å². The van der Waals surface area contributed by atoms with Crippen LogP contribution < -0.4 is 0 Å². The minimum Gasteiger partial charge on any atom is -0.480 e. The van der Waals surface area contributed by atoms with Gasteiger partial charge in [-0.05, 0) is 36.8 Å². The molecule has 1 aliphatic carbocycles. The first-order valence-electron chi connectivity index (χ1n) is 7.97. The Bertz CT molecular complexity index is 848. The van der Waals surface area contributed by atoms with Crippen LogP contribution in [-0.4, -0.2) is 39.5 Å². The lowest BCUT2D eigenvalue weighted by Crippen LogP contribution is -2.43. The van der Waals surface area contributed by atoms with Crippen molar-refractivity contribution in [3.05, 3.63) is 35.5 Å². The maximum Gasteiger partial charge on any atom is 0.326 e. The molecule has 0 unspecified atom stereocenters. The quantitative estimate of drug-likeness (QED) is 0.887. The zero-order valence-electron chi connectivity index (χ0n) is 12.8. The number of carbonyl (C=O) groups is 2. The van der Waals surface area contributed by atoms with E-state index in [0.29, 0.717) is 6.54 Å². The van der Waals surface area contributed by atoms with Crippen molar-refractivity contribution in [3.8, 4) is 0 Å². The molecule has 0 bridgehead atoms. The van der Waals surface area contributed by atoms with Crippen LogP contribution in [0.2, 0.25) is 0 Å². The highest BCUT2D eigenvalue weighted by Gasteiger charge is 2.49. The Labute approximate surface area is 136 Å². The third kappa shape index (κ3) is 2.18. The lowest BCUT2D eigenvalue weighted by molar-refractivity contribution is -0.142. The summed E-state index contributed by atoms with van der Waals surface area (Å²) < 4.78 is 27.1. The van der Waals surface area contributed by atoms with Crippen molar-refractivity contribution in [1.29, 1.82) is 0 Å². The van der Waals surface area contributed by atoms with Crippen LogP contribution in [0, 0.1) is 23.5 Å². The van der Waals surface area contributed by atoms with Gasteiger partial charge in [0, 0.05) is 18.0 Å². The van der Waals surface area contributed by atoms with Gasteiger partial charge in [-0.25, -0.2) is 13.6 Å². The van der Waals surface area contributed by atoms with Gasteiger partial charge in [-0.15, -0.1) is 0 Å². The van der Waals surface area contributed by atoms with Gasteiger partial charge in [0.2, 0.25) is 0 Å². The van der Waals surface area contributed by atoms with Crippen LogP contribution in [-0.2, 0) is 4.79 Å². The molecule has 2 aromatic rings. The molecule has 3 atom stereocenters. The summed E-state index contributed by atoms with van der Waals surface area (Å²) in [5.74, 6) is -2.80. The Morgan fingerprint density at radius 2 is 2.00 bits per heavy atom. The molecule has 24 heavy (non-hydrogen) atoms. The van der Waals surface area contributed by atoms with Gasteiger partial charge in [0.15, 0.2) is 0 Å². The van der Waals surface area contributed by atoms with Gasteiger partial charge in [0.25, 0.3) is 5.91 Å². The van der Waals surface area contributed by atoms with Gasteiger partial charge >= 0.3 is 5.97 Å². The van der Waals surface area contributed by atoms with Gasteiger partial charge in [-0.3, -0.25) is 4.79 Å². The fraction of sp³-hybridized carbons (Fsp3) is 0.412. The molecule has 1 saturated carbocycles. The molecule has 1 aromatic carbocycles. The van der Waals surface area contributed by atoms with Crippen molar-refractivity contribution in [2.45, 2.75) is 25.3 Å². The minimum absolute atomic E-state index is 0.0231. The molecule has 2 heterocycles. The SMILES string of the molecule is O=C(O)[C@@H]1[C@H]2CCC[C@H]2CN1C(=O)c1cc2c(F)cc(F)cc2[nH]1. The number of rotatable bonds is 2. The molecule has 0 spiro atoms. The number of H-pyrrole nitrogens is 1. The number of benzene rings is 1. The highest BCUT2D eigenvalue weighted by Crippen LogP contribution is 2.42. The predicted octanol–water partition coefficient (Wildman–Crippen LogP) is 2.77. The van der Waals surface area contributed by atoms with Gasteiger partial charge in [0.1, 0.15) is 23.4 Å². The molecule has 2 fully saturated rings. The van der Waals surface area contributed by atoms with Gasteiger partial charge in [-0.1, -0.05) is 6.42 Å². The van der Waals surface area contributed by atoms with E-state index >= 15 is 0 Å². The number of aromatic nitrogens is 1. The molecule has 1 saturated heterocycles. The second-order valence-electron chi connectivity index (χ2n) is 6.63. The number of carboxylic acid groups (broad SMARTS) is 1. The minimum atomic E-state index is -1.01. The van der Waals surface area contributed by atoms with Crippen molar-refractivity contribution in [2.75, 3.05) is 6.54 Å². The molecule has 1 aliphatic heterocycles. The fourth-order valence-electron chi connectivity index (χ4n) is 4.26. The van der Waals surface area contributed by atoms with Crippen LogP contribution >= 0.6 is 0 Å². The van der Waals surface area contributed by atoms with E-state index in [9.17, 15) is 23.5 Å². The third-order valence-corrected chi connectivity index (χ3v) is 5.29.